The molecule has 0 atom stereocenters. The fraction of sp³-hybridized carbons (Fsp3) is 1.00. The van der Waals surface area contributed by atoms with E-state index in [1.54, 1.807) is 0 Å². The van der Waals surface area contributed by atoms with Gasteiger partial charge in [0, 0.05) is 13.1 Å². The molecule has 0 heterocycles. The second-order valence-corrected chi connectivity index (χ2v) is 3.48. The van der Waals surface area contributed by atoms with Crippen molar-refractivity contribution < 1.29 is 5.11 Å². The highest BCUT2D eigenvalue weighted by molar-refractivity contribution is 7.77. The van der Waals surface area contributed by atoms with Crippen molar-refractivity contribution in [1.82, 2.24) is 4.31 Å². The molecule has 0 aromatic rings. The molecule has 1 aliphatic carbocycles. The van der Waals surface area contributed by atoms with Crippen LogP contribution in [0.25, 0.3) is 0 Å². The first kappa shape index (κ1) is 8.37. The van der Waals surface area contributed by atoms with E-state index in [2.05, 4.69) is 12.8 Å². The lowest BCUT2D eigenvalue weighted by Crippen LogP contribution is -2.18. The summed E-state index contributed by atoms with van der Waals surface area (Å²) in [6.07, 6.45) is 4.06. The Morgan fingerprint density at radius 1 is 1.40 bits per heavy atom. The minimum absolute atomic E-state index is 0.216. The largest absolute Gasteiger partial charge is 0.395 e. The van der Waals surface area contributed by atoms with Crippen LogP contribution in [-0.4, -0.2) is 29.1 Å². The van der Waals surface area contributed by atoms with Crippen molar-refractivity contribution >= 4 is 12.8 Å². The Labute approximate surface area is 67.8 Å². The van der Waals surface area contributed by atoms with E-state index in [4.69, 9.17) is 5.11 Å². The molecule has 3 heteroatoms. The van der Waals surface area contributed by atoms with Gasteiger partial charge in [-0.25, -0.2) is 0 Å². The number of rotatable bonds is 5. The maximum absolute atomic E-state index is 8.53. The van der Waals surface area contributed by atoms with Gasteiger partial charge in [-0.05, 0) is 12.3 Å². The lowest BCUT2D eigenvalue weighted by Gasteiger charge is -2.12. The molecule has 0 aliphatic heterocycles. The maximum atomic E-state index is 8.53. The lowest BCUT2D eigenvalue weighted by atomic mass is 10.3. The first-order valence-electron chi connectivity index (χ1n) is 3.87. The minimum Gasteiger partial charge on any atom is -0.395 e. The summed E-state index contributed by atoms with van der Waals surface area (Å²) < 4.78 is 1.89. The number of aliphatic hydroxyl groups excluding tert-OH is 1. The molecule has 1 fully saturated rings. The van der Waals surface area contributed by atoms with Gasteiger partial charge in [0.25, 0.3) is 0 Å². The number of thiol groups is 1. The predicted molar refractivity (Wildman–Crippen MR) is 45.0 cm³/mol. The van der Waals surface area contributed by atoms with E-state index in [0.717, 1.165) is 12.5 Å². The van der Waals surface area contributed by atoms with E-state index in [1.807, 2.05) is 4.31 Å². The normalized spacial score (nSPS) is 18.3. The van der Waals surface area contributed by atoms with Gasteiger partial charge >= 0.3 is 0 Å². The third-order valence-electron chi connectivity index (χ3n) is 1.85. The third kappa shape index (κ3) is 3.44. The van der Waals surface area contributed by atoms with E-state index in [9.17, 15) is 0 Å². The molecule has 1 saturated carbocycles. The van der Waals surface area contributed by atoms with E-state index in [0.29, 0.717) is 6.54 Å². The van der Waals surface area contributed by atoms with E-state index in [-0.39, 0.29) is 6.61 Å². The van der Waals surface area contributed by atoms with Crippen molar-refractivity contribution in [2.24, 2.45) is 5.92 Å². The summed E-state index contributed by atoms with van der Waals surface area (Å²) in [4.78, 5) is 0. The summed E-state index contributed by atoms with van der Waals surface area (Å²) in [5.74, 6) is 0.966. The van der Waals surface area contributed by atoms with Gasteiger partial charge < -0.3 is 5.11 Å². The van der Waals surface area contributed by atoms with Crippen LogP contribution >= 0.6 is 12.8 Å². The van der Waals surface area contributed by atoms with Crippen LogP contribution in [-0.2, 0) is 0 Å². The Kier molecular flexibility index (Phi) is 3.52. The molecule has 2 nitrogen and oxygen atoms in total. The number of aliphatic hydroxyl groups is 1. The van der Waals surface area contributed by atoms with E-state index < -0.39 is 0 Å². The van der Waals surface area contributed by atoms with Crippen molar-refractivity contribution in [2.75, 3.05) is 19.7 Å². The summed E-state index contributed by atoms with van der Waals surface area (Å²) in [5.41, 5.74) is 0. The third-order valence-corrected chi connectivity index (χ3v) is 2.25. The molecule has 10 heavy (non-hydrogen) atoms. The van der Waals surface area contributed by atoms with E-state index >= 15 is 0 Å². The molecule has 0 saturated heterocycles. The molecular weight excluding hydrogens is 146 g/mol. The van der Waals surface area contributed by atoms with Gasteiger partial charge in [-0.3, -0.25) is 4.31 Å². The van der Waals surface area contributed by atoms with E-state index in [1.165, 1.54) is 19.3 Å². The van der Waals surface area contributed by atoms with Crippen LogP contribution in [0.15, 0.2) is 0 Å². The van der Waals surface area contributed by atoms with Crippen LogP contribution < -0.4 is 0 Å². The fourth-order valence-electron chi connectivity index (χ4n) is 0.965. The van der Waals surface area contributed by atoms with Crippen LogP contribution in [0.1, 0.15) is 19.3 Å². The Morgan fingerprint density at radius 3 is 2.60 bits per heavy atom. The molecule has 1 aliphatic rings. The van der Waals surface area contributed by atoms with Gasteiger partial charge in [-0.1, -0.05) is 25.7 Å². The highest BCUT2D eigenvalue weighted by Crippen LogP contribution is 2.32. The van der Waals surface area contributed by atoms with Crippen molar-refractivity contribution in [3.05, 3.63) is 0 Å². The fourth-order valence-corrected chi connectivity index (χ4v) is 1.17. The van der Waals surface area contributed by atoms with Crippen molar-refractivity contribution in [1.29, 1.82) is 0 Å². The zero-order chi connectivity index (χ0) is 7.40. The van der Waals surface area contributed by atoms with Crippen LogP contribution in [0.2, 0.25) is 0 Å². The number of hydrogen-bond acceptors (Lipinski definition) is 3. The standard InChI is InChI=1S/C7H15NOS/c9-6-5-8(10)4-3-7-1-2-7/h7,9-10H,1-6H2. The summed E-state index contributed by atoms with van der Waals surface area (Å²) in [5, 5.41) is 8.53. The topological polar surface area (TPSA) is 23.5 Å². The Hall–Kier alpha value is 0.270. The summed E-state index contributed by atoms with van der Waals surface area (Å²) in [6.45, 7) is 1.93. The van der Waals surface area contributed by atoms with Gasteiger partial charge in [0.1, 0.15) is 0 Å². The summed E-state index contributed by atoms with van der Waals surface area (Å²) >= 11 is 4.19. The molecule has 1 N–H and O–H groups in total. The first-order chi connectivity index (χ1) is 4.83. The quantitative estimate of drug-likeness (QED) is 0.586. The van der Waals surface area contributed by atoms with Crippen molar-refractivity contribution in [2.45, 2.75) is 19.3 Å². The number of hydrogen-bond donors (Lipinski definition) is 2. The minimum atomic E-state index is 0.216. The van der Waals surface area contributed by atoms with Crippen molar-refractivity contribution in [3.63, 3.8) is 0 Å². The monoisotopic (exact) mass is 161 g/mol. The average molecular weight is 161 g/mol. The summed E-state index contributed by atoms with van der Waals surface area (Å²) in [6, 6.07) is 0. The number of nitrogens with zero attached hydrogens (tertiary/aromatic N) is 1. The highest BCUT2D eigenvalue weighted by Gasteiger charge is 2.20. The lowest BCUT2D eigenvalue weighted by molar-refractivity contribution is 0.261. The summed E-state index contributed by atoms with van der Waals surface area (Å²) in [7, 11) is 0. The second kappa shape index (κ2) is 4.21. The smallest absolute Gasteiger partial charge is 0.0567 e. The average Bonchev–Trinajstić information content (AvgIpc) is 2.67. The zero-order valence-electron chi connectivity index (χ0n) is 6.16. The van der Waals surface area contributed by atoms with Crippen LogP contribution in [0.3, 0.4) is 0 Å². The van der Waals surface area contributed by atoms with Crippen LogP contribution in [0, 0.1) is 5.92 Å². The first-order valence-corrected chi connectivity index (χ1v) is 4.27. The molecule has 1 rings (SSSR count). The molecule has 0 aromatic heterocycles. The van der Waals surface area contributed by atoms with Gasteiger partial charge in [0.15, 0.2) is 0 Å². The Morgan fingerprint density at radius 2 is 2.10 bits per heavy atom. The predicted octanol–water partition coefficient (Wildman–Crippen LogP) is 0.926. The SMILES string of the molecule is OCCN(S)CCC1CC1. The van der Waals surface area contributed by atoms with Crippen molar-refractivity contribution in [3.8, 4) is 0 Å². The molecule has 0 amide bonds. The highest BCUT2D eigenvalue weighted by atomic mass is 32.1. The molecule has 0 radical (unpaired) electrons. The van der Waals surface area contributed by atoms with Gasteiger partial charge in [0.2, 0.25) is 0 Å². The Balaban J connectivity index is 1.89. The molecular formula is C7H15NOS. The molecule has 0 bridgehead atoms. The zero-order valence-corrected chi connectivity index (χ0v) is 7.06. The van der Waals surface area contributed by atoms with Crippen LogP contribution in [0.5, 0.6) is 0 Å². The van der Waals surface area contributed by atoms with Gasteiger partial charge in [-0.15, -0.1) is 0 Å². The Bertz CT molecular complexity index is 95.6. The van der Waals surface area contributed by atoms with Crippen LogP contribution in [0.4, 0.5) is 0 Å². The second-order valence-electron chi connectivity index (χ2n) is 2.91. The van der Waals surface area contributed by atoms with Gasteiger partial charge in [0.05, 0.1) is 6.61 Å². The molecule has 0 spiro atoms. The molecule has 0 aromatic carbocycles. The molecule has 60 valence electrons. The maximum Gasteiger partial charge on any atom is 0.0567 e. The van der Waals surface area contributed by atoms with Gasteiger partial charge in [-0.2, -0.15) is 0 Å². The molecule has 0 unspecified atom stereocenters.